The van der Waals surface area contributed by atoms with Gasteiger partial charge in [-0.1, -0.05) is 17.7 Å². The molecule has 0 saturated heterocycles. The number of nitrogens with one attached hydrogen (secondary N) is 1. The van der Waals surface area contributed by atoms with E-state index in [1.54, 1.807) is 0 Å². The number of hydrogen-bond donors (Lipinski definition) is 1. The molecular weight excluding hydrogens is 288 g/mol. The average molecular weight is 311 g/mol. The first kappa shape index (κ1) is 16.1. The number of carbonyl (C=O) groups excluding carboxylic acids is 1. The monoisotopic (exact) mass is 310 g/mol. The van der Waals surface area contributed by atoms with Gasteiger partial charge in [-0.05, 0) is 51.4 Å². The van der Waals surface area contributed by atoms with E-state index in [-0.39, 0.29) is 18.6 Å². The highest BCUT2D eigenvalue weighted by Crippen LogP contribution is 2.29. The highest BCUT2D eigenvalue weighted by atomic mass is 35.5. The molecule has 1 aliphatic carbocycles. The molecule has 1 unspecified atom stereocenters. The van der Waals surface area contributed by atoms with Crippen LogP contribution < -0.4 is 10.1 Å². The summed E-state index contributed by atoms with van der Waals surface area (Å²) in [7, 11) is 1.90. The van der Waals surface area contributed by atoms with Gasteiger partial charge in [-0.25, -0.2) is 0 Å². The molecular formula is C16H23ClN2O2. The highest BCUT2D eigenvalue weighted by Gasteiger charge is 2.31. The van der Waals surface area contributed by atoms with Gasteiger partial charge in [-0.3, -0.25) is 4.79 Å². The van der Waals surface area contributed by atoms with E-state index in [1.807, 2.05) is 37.1 Å². The van der Waals surface area contributed by atoms with E-state index in [2.05, 4.69) is 12.2 Å². The Bertz CT molecular complexity index is 503. The minimum atomic E-state index is 0.0312. The van der Waals surface area contributed by atoms with Crippen molar-refractivity contribution >= 4 is 17.5 Å². The summed E-state index contributed by atoms with van der Waals surface area (Å²) in [5.74, 6) is 0.590. The lowest BCUT2D eigenvalue weighted by atomic mass is 10.1. The van der Waals surface area contributed by atoms with Crippen LogP contribution in [0.1, 0.15) is 38.3 Å². The lowest BCUT2D eigenvalue weighted by molar-refractivity contribution is -0.133. The van der Waals surface area contributed by atoms with Crippen LogP contribution in [-0.2, 0) is 4.79 Å². The minimum Gasteiger partial charge on any atom is -0.482 e. The van der Waals surface area contributed by atoms with E-state index in [4.69, 9.17) is 16.3 Å². The molecule has 4 nitrogen and oxygen atoms in total. The van der Waals surface area contributed by atoms with Crippen molar-refractivity contribution in [2.75, 3.05) is 20.2 Å². The third-order valence-electron chi connectivity index (χ3n) is 3.89. The summed E-state index contributed by atoms with van der Waals surface area (Å²) >= 11 is 6.22. The van der Waals surface area contributed by atoms with Crippen molar-refractivity contribution in [1.29, 1.82) is 0 Å². The van der Waals surface area contributed by atoms with E-state index in [0.29, 0.717) is 16.8 Å². The third-order valence-corrected chi connectivity index (χ3v) is 4.18. The zero-order chi connectivity index (χ0) is 15.4. The van der Waals surface area contributed by atoms with Crippen molar-refractivity contribution in [3.63, 3.8) is 0 Å². The fourth-order valence-corrected chi connectivity index (χ4v) is 2.56. The number of ether oxygens (including phenoxy) is 1. The van der Waals surface area contributed by atoms with Gasteiger partial charge < -0.3 is 15.0 Å². The molecule has 21 heavy (non-hydrogen) atoms. The molecule has 0 radical (unpaired) electrons. The number of rotatable bonds is 7. The molecule has 1 aromatic rings. The Balaban J connectivity index is 1.95. The van der Waals surface area contributed by atoms with Crippen molar-refractivity contribution in [1.82, 2.24) is 10.2 Å². The zero-order valence-electron chi connectivity index (χ0n) is 12.9. The van der Waals surface area contributed by atoms with Crippen molar-refractivity contribution in [3.05, 3.63) is 28.8 Å². The lowest BCUT2D eigenvalue weighted by Crippen LogP contribution is -2.36. The standard InChI is InChI=1S/C16H23ClN2O2/c1-4-19(13-6-7-13)16(20)10-21-15-8-5-12(9-14(15)17)11(2)18-3/h5,8-9,11,13,18H,4,6-7,10H2,1-3H3. The summed E-state index contributed by atoms with van der Waals surface area (Å²) in [5.41, 5.74) is 1.09. The Labute approximate surface area is 131 Å². The summed E-state index contributed by atoms with van der Waals surface area (Å²) in [4.78, 5) is 14.0. The van der Waals surface area contributed by atoms with E-state index < -0.39 is 0 Å². The Hall–Kier alpha value is -1.26. The van der Waals surface area contributed by atoms with Crippen LogP contribution >= 0.6 is 11.6 Å². The van der Waals surface area contributed by atoms with Crippen LogP contribution in [0.2, 0.25) is 5.02 Å². The van der Waals surface area contributed by atoms with Crippen LogP contribution in [0.3, 0.4) is 0 Å². The molecule has 1 aliphatic rings. The molecule has 5 heteroatoms. The maximum Gasteiger partial charge on any atom is 0.260 e. The van der Waals surface area contributed by atoms with E-state index in [9.17, 15) is 4.79 Å². The molecule has 0 spiro atoms. The second kappa shape index (κ2) is 7.14. The van der Waals surface area contributed by atoms with Crippen molar-refractivity contribution in [3.8, 4) is 5.75 Å². The van der Waals surface area contributed by atoms with Crippen molar-refractivity contribution < 1.29 is 9.53 Å². The summed E-state index contributed by atoms with van der Waals surface area (Å²) in [6, 6.07) is 6.31. The largest absolute Gasteiger partial charge is 0.482 e. The number of hydrogen-bond acceptors (Lipinski definition) is 3. The Morgan fingerprint density at radius 2 is 2.24 bits per heavy atom. The van der Waals surface area contributed by atoms with Crippen molar-refractivity contribution in [2.45, 2.75) is 38.8 Å². The first-order chi connectivity index (χ1) is 10.1. The molecule has 116 valence electrons. The Kier molecular flexibility index (Phi) is 5.48. The first-order valence-electron chi connectivity index (χ1n) is 7.45. The third kappa shape index (κ3) is 4.11. The van der Waals surface area contributed by atoms with Crippen LogP contribution in [0.25, 0.3) is 0 Å². The van der Waals surface area contributed by atoms with Crippen LogP contribution in [0.15, 0.2) is 18.2 Å². The minimum absolute atomic E-state index is 0.0312. The molecule has 1 aromatic carbocycles. The number of carbonyl (C=O) groups is 1. The second-order valence-electron chi connectivity index (χ2n) is 5.40. The predicted octanol–water partition coefficient (Wildman–Crippen LogP) is 3.01. The van der Waals surface area contributed by atoms with Gasteiger partial charge in [0, 0.05) is 18.6 Å². The quantitative estimate of drug-likeness (QED) is 0.841. The number of likely N-dealkylation sites (N-methyl/N-ethyl adjacent to an activating group) is 1. The van der Waals surface area contributed by atoms with Gasteiger partial charge in [0.15, 0.2) is 6.61 Å². The van der Waals surface area contributed by atoms with E-state index in [1.165, 1.54) is 0 Å². The highest BCUT2D eigenvalue weighted by molar-refractivity contribution is 6.32. The van der Waals surface area contributed by atoms with E-state index >= 15 is 0 Å². The van der Waals surface area contributed by atoms with Crippen LogP contribution in [0, 0.1) is 0 Å². The van der Waals surface area contributed by atoms with Gasteiger partial charge >= 0.3 is 0 Å². The number of benzene rings is 1. The molecule has 0 aliphatic heterocycles. The Morgan fingerprint density at radius 1 is 1.52 bits per heavy atom. The summed E-state index contributed by atoms with van der Waals surface area (Å²) in [6.45, 7) is 4.84. The average Bonchev–Trinajstić information content (AvgIpc) is 3.30. The van der Waals surface area contributed by atoms with Gasteiger partial charge in [-0.15, -0.1) is 0 Å². The molecule has 2 rings (SSSR count). The van der Waals surface area contributed by atoms with Gasteiger partial charge in [0.05, 0.1) is 5.02 Å². The van der Waals surface area contributed by atoms with Gasteiger partial charge in [-0.2, -0.15) is 0 Å². The SMILES string of the molecule is CCN(C(=O)COc1ccc(C(C)NC)cc1Cl)C1CC1. The number of amides is 1. The fraction of sp³-hybridized carbons (Fsp3) is 0.562. The number of nitrogens with zero attached hydrogens (tertiary/aromatic N) is 1. The van der Waals surface area contributed by atoms with Gasteiger partial charge in [0.2, 0.25) is 0 Å². The molecule has 1 fully saturated rings. The molecule has 1 amide bonds. The van der Waals surface area contributed by atoms with Gasteiger partial charge in [0.25, 0.3) is 5.91 Å². The lowest BCUT2D eigenvalue weighted by Gasteiger charge is -2.20. The first-order valence-corrected chi connectivity index (χ1v) is 7.83. The molecule has 1 N–H and O–H groups in total. The maximum atomic E-state index is 12.1. The summed E-state index contributed by atoms with van der Waals surface area (Å²) in [5, 5.41) is 3.70. The fourth-order valence-electron chi connectivity index (χ4n) is 2.32. The number of halogens is 1. The molecule has 1 saturated carbocycles. The topological polar surface area (TPSA) is 41.6 Å². The van der Waals surface area contributed by atoms with Crippen LogP contribution in [0.4, 0.5) is 0 Å². The second-order valence-corrected chi connectivity index (χ2v) is 5.81. The molecule has 0 heterocycles. The van der Waals surface area contributed by atoms with Gasteiger partial charge in [0.1, 0.15) is 5.75 Å². The summed E-state index contributed by atoms with van der Waals surface area (Å²) < 4.78 is 5.58. The maximum absolute atomic E-state index is 12.1. The molecule has 1 atom stereocenters. The Morgan fingerprint density at radius 3 is 2.76 bits per heavy atom. The van der Waals surface area contributed by atoms with Crippen LogP contribution in [0.5, 0.6) is 5.75 Å². The molecule has 0 bridgehead atoms. The molecule has 0 aromatic heterocycles. The van der Waals surface area contributed by atoms with E-state index in [0.717, 1.165) is 24.9 Å². The van der Waals surface area contributed by atoms with Crippen LogP contribution in [-0.4, -0.2) is 37.0 Å². The predicted molar refractivity (Wildman–Crippen MR) is 84.8 cm³/mol. The summed E-state index contributed by atoms with van der Waals surface area (Å²) in [6.07, 6.45) is 2.22. The normalized spacial score (nSPS) is 15.6. The smallest absolute Gasteiger partial charge is 0.260 e. The van der Waals surface area contributed by atoms with Crippen molar-refractivity contribution in [2.24, 2.45) is 0 Å². The zero-order valence-corrected chi connectivity index (χ0v) is 13.6.